The summed E-state index contributed by atoms with van der Waals surface area (Å²) in [7, 11) is 0. The number of hydrogen-bond acceptors (Lipinski definition) is 4. The minimum absolute atomic E-state index is 0. The molecule has 2 fully saturated rings. The van der Waals surface area contributed by atoms with Crippen LogP contribution >= 0.6 is 0 Å². The SMILES string of the molecule is [Cu].[Se]C1NCCNC1[Se].[Se]C1NCCNC1[Se]. The van der Waals surface area contributed by atoms with E-state index in [2.05, 4.69) is 85.3 Å². The average Bonchev–Trinajstić information content (AvgIpc) is 2.28. The van der Waals surface area contributed by atoms with Crippen molar-refractivity contribution in [3.63, 3.8) is 0 Å². The predicted octanol–water partition coefficient (Wildman–Crippen LogP) is -3.67. The van der Waals surface area contributed by atoms with E-state index in [4.69, 9.17) is 0 Å². The summed E-state index contributed by atoms with van der Waals surface area (Å²) in [5.41, 5.74) is 0. The van der Waals surface area contributed by atoms with Gasteiger partial charge in [0.05, 0.1) is 0 Å². The molecule has 4 nitrogen and oxygen atoms in total. The van der Waals surface area contributed by atoms with Crippen LogP contribution in [0, 0.1) is 0 Å². The van der Waals surface area contributed by atoms with Gasteiger partial charge in [-0.05, 0) is 0 Å². The predicted molar refractivity (Wildman–Crippen MR) is 70.2 cm³/mol. The van der Waals surface area contributed by atoms with Crippen LogP contribution in [0.3, 0.4) is 0 Å². The van der Waals surface area contributed by atoms with E-state index in [1.54, 1.807) is 0 Å². The van der Waals surface area contributed by atoms with Crippen molar-refractivity contribution < 1.29 is 17.1 Å². The van der Waals surface area contributed by atoms with Gasteiger partial charge in [-0.3, -0.25) is 0 Å². The summed E-state index contributed by atoms with van der Waals surface area (Å²) in [4.78, 5) is 1.85. The molecule has 4 unspecified atom stereocenters. The van der Waals surface area contributed by atoms with E-state index in [9.17, 15) is 0 Å². The van der Waals surface area contributed by atoms with Gasteiger partial charge in [0, 0.05) is 17.1 Å². The first-order valence-electron chi connectivity index (χ1n) is 5.18. The van der Waals surface area contributed by atoms with E-state index in [0.29, 0.717) is 19.8 Å². The second kappa shape index (κ2) is 11.1. The van der Waals surface area contributed by atoms with Gasteiger partial charge in [0.25, 0.3) is 0 Å². The maximum atomic E-state index is 3.28. The molecule has 0 aromatic carbocycles. The van der Waals surface area contributed by atoms with Crippen LogP contribution in [0.4, 0.5) is 0 Å². The van der Waals surface area contributed by atoms with Crippen LogP contribution in [-0.4, -0.2) is 110 Å². The van der Waals surface area contributed by atoms with Gasteiger partial charge in [0.1, 0.15) is 0 Å². The van der Waals surface area contributed by atoms with Crippen molar-refractivity contribution in [3.8, 4) is 0 Å². The molecule has 0 spiro atoms. The Bertz CT molecular complexity index is 162. The Morgan fingerprint density at radius 3 is 0.824 bits per heavy atom. The van der Waals surface area contributed by atoms with Crippen molar-refractivity contribution in [1.82, 2.24) is 21.3 Å². The van der Waals surface area contributed by atoms with Crippen molar-refractivity contribution in [2.24, 2.45) is 0 Å². The van der Waals surface area contributed by atoms with Crippen molar-refractivity contribution >= 4 is 64.1 Å². The Balaban J connectivity index is 0.000000284. The molecular weight excluding hydrogens is 532 g/mol. The maximum absolute atomic E-state index is 3.28. The summed E-state index contributed by atoms with van der Waals surface area (Å²) >= 11 is 12.1. The summed E-state index contributed by atoms with van der Waals surface area (Å²) < 4.78 is 0. The second-order valence-corrected chi connectivity index (χ2v) is 7.76. The van der Waals surface area contributed by atoms with Crippen LogP contribution in [-0.2, 0) is 17.1 Å². The van der Waals surface area contributed by atoms with E-state index >= 15 is 0 Å². The summed E-state index contributed by atoms with van der Waals surface area (Å²) in [6.45, 7) is 4.26. The molecule has 2 rings (SSSR count). The van der Waals surface area contributed by atoms with Gasteiger partial charge in [0.15, 0.2) is 0 Å². The number of piperazine rings is 2. The van der Waals surface area contributed by atoms with Crippen molar-refractivity contribution in [1.29, 1.82) is 0 Å². The third kappa shape index (κ3) is 8.34. The molecule has 0 amide bonds. The van der Waals surface area contributed by atoms with Crippen LogP contribution in [0.5, 0.6) is 0 Å². The fourth-order valence-corrected chi connectivity index (χ4v) is 3.08. The Morgan fingerprint density at radius 2 is 0.706 bits per heavy atom. The van der Waals surface area contributed by atoms with Crippen LogP contribution in [0.1, 0.15) is 0 Å². The molecular formula is C8H16CuN4Se4. The molecule has 0 bridgehead atoms. The Morgan fingerprint density at radius 1 is 0.529 bits per heavy atom. The number of hydrogen-bond donors (Lipinski definition) is 4. The first-order valence-corrected chi connectivity index (χ1v) is 9.13. The van der Waals surface area contributed by atoms with Crippen LogP contribution in [0.2, 0.25) is 0 Å². The molecule has 2 aliphatic heterocycles. The van der Waals surface area contributed by atoms with E-state index in [1.807, 2.05) is 0 Å². The topological polar surface area (TPSA) is 48.1 Å². The van der Waals surface area contributed by atoms with E-state index in [1.165, 1.54) is 0 Å². The van der Waals surface area contributed by atoms with E-state index in [-0.39, 0.29) is 17.1 Å². The zero-order valence-electron chi connectivity index (χ0n) is 9.07. The number of nitrogens with one attached hydrogen (secondary N) is 4. The second-order valence-electron chi connectivity index (χ2n) is 3.50. The Hall–Kier alpha value is 2.44. The van der Waals surface area contributed by atoms with Gasteiger partial charge >= 0.3 is 131 Å². The summed E-state index contributed by atoms with van der Waals surface area (Å²) in [5, 5.41) is 13.1. The fourth-order valence-electron chi connectivity index (χ4n) is 1.29. The van der Waals surface area contributed by atoms with Crippen molar-refractivity contribution in [3.05, 3.63) is 0 Å². The third-order valence-electron chi connectivity index (χ3n) is 2.18. The summed E-state index contributed by atoms with van der Waals surface area (Å²) in [6, 6.07) is 0. The molecule has 9 heteroatoms. The first kappa shape index (κ1) is 19.4. The first-order chi connectivity index (χ1) is 7.61. The molecule has 4 atom stereocenters. The Kier molecular flexibility index (Phi) is 12.7. The zero-order chi connectivity index (χ0) is 12.0. The van der Waals surface area contributed by atoms with Crippen molar-refractivity contribution in [2.75, 3.05) is 26.2 Å². The van der Waals surface area contributed by atoms with Gasteiger partial charge in [0.2, 0.25) is 0 Å². The van der Waals surface area contributed by atoms with Crippen LogP contribution in [0.25, 0.3) is 0 Å². The summed E-state index contributed by atoms with van der Waals surface area (Å²) in [5.74, 6) is 0. The monoisotopic (exact) mass is 551 g/mol. The molecule has 17 heavy (non-hydrogen) atoms. The molecule has 0 saturated carbocycles. The van der Waals surface area contributed by atoms with Crippen molar-refractivity contribution in [2.45, 2.75) is 19.8 Å². The minimum atomic E-state index is 0. The molecule has 0 aliphatic carbocycles. The molecule has 0 aromatic rings. The molecule has 2 aliphatic rings. The van der Waals surface area contributed by atoms with Gasteiger partial charge < -0.3 is 0 Å². The van der Waals surface area contributed by atoms with E-state index < -0.39 is 0 Å². The normalized spacial score (nSPS) is 37.4. The molecule has 4 N–H and O–H groups in total. The van der Waals surface area contributed by atoms with Gasteiger partial charge in [-0.15, -0.1) is 0 Å². The standard InChI is InChI=1S/2C4H8N2Se2.Cu/c2*7-3-4(8)6-2-1-5-3;/h2*3-6H,1-2H2;. The molecule has 5 radical (unpaired) electrons. The van der Waals surface area contributed by atoms with Gasteiger partial charge in [-0.1, -0.05) is 0 Å². The van der Waals surface area contributed by atoms with Gasteiger partial charge in [-0.25, -0.2) is 0 Å². The Labute approximate surface area is 147 Å². The fraction of sp³-hybridized carbons (Fsp3) is 1.00. The average molecular weight is 548 g/mol. The zero-order valence-corrected chi connectivity index (χ0v) is 16.9. The quantitative estimate of drug-likeness (QED) is 0.236. The summed E-state index contributed by atoms with van der Waals surface area (Å²) in [6.07, 6.45) is 0. The van der Waals surface area contributed by atoms with Crippen LogP contribution in [0.15, 0.2) is 0 Å². The molecule has 2 heterocycles. The van der Waals surface area contributed by atoms with Crippen LogP contribution < -0.4 is 21.3 Å². The molecule has 103 valence electrons. The molecule has 0 aromatic heterocycles. The molecule has 2 saturated heterocycles. The number of rotatable bonds is 0. The van der Waals surface area contributed by atoms with Gasteiger partial charge in [-0.2, -0.15) is 0 Å². The third-order valence-corrected chi connectivity index (χ3v) is 7.61. The van der Waals surface area contributed by atoms with E-state index in [0.717, 1.165) is 26.2 Å².